The van der Waals surface area contributed by atoms with E-state index in [1.54, 1.807) is 0 Å². The van der Waals surface area contributed by atoms with Crippen molar-refractivity contribution >= 4 is 5.91 Å². The second-order valence-corrected chi connectivity index (χ2v) is 8.51. The lowest BCUT2D eigenvalue weighted by molar-refractivity contribution is -0.129. The summed E-state index contributed by atoms with van der Waals surface area (Å²) in [6.45, 7) is 12.2. The van der Waals surface area contributed by atoms with Gasteiger partial charge in [-0.3, -0.25) is 4.79 Å². The first-order valence-electron chi connectivity index (χ1n) is 10.0. The molecule has 1 aliphatic heterocycles. The molecule has 1 amide bonds. The van der Waals surface area contributed by atoms with Gasteiger partial charge in [0.05, 0.1) is 6.04 Å². The molecule has 0 bridgehead atoms. The third-order valence-corrected chi connectivity index (χ3v) is 5.08. The van der Waals surface area contributed by atoms with E-state index in [1.807, 2.05) is 45.9 Å². The first-order valence-corrected chi connectivity index (χ1v) is 10.0. The average molecular weight is 382 g/mol. The average Bonchev–Trinajstić information content (AvgIpc) is 2.57. The van der Waals surface area contributed by atoms with Gasteiger partial charge in [0.2, 0.25) is 0 Å². The summed E-state index contributed by atoms with van der Waals surface area (Å²) in [5, 5.41) is 3.21. The Morgan fingerprint density at radius 3 is 2.46 bits per heavy atom. The Morgan fingerprint density at radius 1 is 1.14 bits per heavy atom. The topological polar surface area (TPSA) is 47.6 Å². The van der Waals surface area contributed by atoms with Crippen LogP contribution in [0.5, 0.6) is 11.5 Å². The Labute approximate surface area is 168 Å². The van der Waals surface area contributed by atoms with Crippen molar-refractivity contribution in [2.75, 3.05) is 0 Å². The van der Waals surface area contributed by atoms with Crippen molar-refractivity contribution < 1.29 is 14.3 Å². The summed E-state index contributed by atoms with van der Waals surface area (Å²) in [7, 11) is 0. The molecule has 0 saturated carbocycles. The van der Waals surface area contributed by atoms with E-state index in [9.17, 15) is 4.79 Å². The largest absolute Gasteiger partial charge is 0.487 e. The summed E-state index contributed by atoms with van der Waals surface area (Å²) >= 11 is 0. The minimum Gasteiger partial charge on any atom is -0.487 e. The van der Waals surface area contributed by atoms with Gasteiger partial charge in [-0.1, -0.05) is 25.1 Å². The Balaban J connectivity index is 1.78. The molecule has 2 aromatic carbocycles. The summed E-state index contributed by atoms with van der Waals surface area (Å²) in [6.07, 6.45) is 0.794. The van der Waals surface area contributed by atoms with Gasteiger partial charge in [0, 0.05) is 12.0 Å². The lowest BCUT2D eigenvalue weighted by Crippen LogP contribution is -2.45. The maximum Gasteiger partial charge on any atom is 0.261 e. The van der Waals surface area contributed by atoms with Gasteiger partial charge in [0.25, 0.3) is 5.91 Å². The zero-order valence-electron chi connectivity index (χ0n) is 17.8. The number of amides is 1. The molecule has 0 saturated heterocycles. The van der Waals surface area contributed by atoms with E-state index in [2.05, 4.69) is 37.4 Å². The fourth-order valence-electron chi connectivity index (χ4n) is 3.84. The fourth-order valence-corrected chi connectivity index (χ4v) is 3.84. The fraction of sp³-hybridized carbons (Fsp3) is 0.458. The zero-order chi connectivity index (χ0) is 20.5. The Morgan fingerprint density at radius 2 is 1.82 bits per heavy atom. The molecule has 0 fully saturated rings. The molecule has 4 nitrogen and oxygen atoms in total. The van der Waals surface area contributed by atoms with Crippen molar-refractivity contribution in [2.45, 2.75) is 72.1 Å². The first-order chi connectivity index (χ1) is 13.2. The van der Waals surface area contributed by atoms with E-state index in [4.69, 9.17) is 9.47 Å². The number of carbonyl (C=O) groups excluding carboxylic acids is 1. The van der Waals surface area contributed by atoms with Crippen LogP contribution in [-0.4, -0.2) is 17.6 Å². The summed E-state index contributed by atoms with van der Waals surface area (Å²) in [6, 6.07) is 12.1. The quantitative estimate of drug-likeness (QED) is 0.775. The van der Waals surface area contributed by atoms with Crippen molar-refractivity contribution in [1.29, 1.82) is 0 Å². The molecular formula is C24H31NO3. The number of nitrogens with one attached hydrogen (secondary N) is 1. The first kappa shape index (κ1) is 20.2. The maximum atomic E-state index is 13.0. The molecule has 1 heterocycles. The zero-order valence-corrected chi connectivity index (χ0v) is 17.8. The summed E-state index contributed by atoms with van der Waals surface area (Å²) < 4.78 is 12.2. The van der Waals surface area contributed by atoms with Crippen LogP contribution in [0.4, 0.5) is 0 Å². The van der Waals surface area contributed by atoms with Gasteiger partial charge in [0.15, 0.2) is 6.10 Å². The molecule has 4 heteroatoms. The predicted molar refractivity (Wildman–Crippen MR) is 112 cm³/mol. The van der Waals surface area contributed by atoms with Gasteiger partial charge in [-0.15, -0.1) is 0 Å². The van der Waals surface area contributed by atoms with Gasteiger partial charge < -0.3 is 14.8 Å². The molecule has 1 aliphatic rings. The molecule has 1 N–H and O–H groups in total. The standard InChI is InChI=1S/C24H31NO3/c1-7-21(27-18-11-16(3)10-17(4)12-18)23(26)25-20-14-24(5,6)28-22-13-15(2)8-9-19(20)22/h8-13,20-21H,7,14H2,1-6H3,(H,25,26)/t20-,21-/m0/s1. The van der Waals surface area contributed by atoms with Crippen molar-refractivity contribution in [3.63, 3.8) is 0 Å². The van der Waals surface area contributed by atoms with Crippen molar-refractivity contribution in [1.82, 2.24) is 5.32 Å². The second kappa shape index (κ2) is 7.86. The van der Waals surface area contributed by atoms with Gasteiger partial charge in [-0.2, -0.15) is 0 Å². The predicted octanol–water partition coefficient (Wildman–Crippen LogP) is 5.19. The molecule has 3 rings (SSSR count). The highest BCUT2D eigenvalue weighted by atomic mass is 16.5. The number of hydrogen-bond acceptors (Lipinski definition) is 3. The van der Waals surface area contributed by atoms with Crippen LogP contribution in [0.1, 0.15) is 61.9 Å². The van der Waals surface area contributed by atoms with Gasteiger partial charge in [0.1, 0.15) is 17.1 Å². The number of benzene rings is 2. The van der Waals surface area contributed by atoms with Crippen molar-refractivity contribution in [2.24, 2.45) is 0 Å². The molecule has 0 radical (unpaired) electrons. The Hall–Kier alpha value is -2.49. The van der Waals surface area contributed by atoms with Crippen LogP contribution < -0.4 is 14.8 Å². The molecule has 150 valence electrons. The molecule has 0 aromatic heterocycles. The number of rotatable bonds is 5. The van der Waals surface area contributed by atoms with E-state index < -0.39 is 6.10 Å². The highest BCUT2D eigenvalue weighted by molar-refractivity contribution is 5.81. The van der Waals surface area contributed by atoms with Crippen LogP contribution in [0, 0.1) is 20.8 Å². The number of fused-ring (bicyclic) bond motifs is 1. The van der Waals surface area contributed by atoms with Crippen LogP contribution in [0.3, 0.4) is 0 Å². The number of ether oxygens (including phenoxy) is 2. The Bertz CT molecular complexity index is 852. The smallest absolute Gasteiger partial charge is 0.261 e. The van der Waals surface area contributed by atoms with E-state index in [0.29, 0.717) is 6.42 Å². The minimum atomic E-state index is -0.527. The van der Waals surface area contributed by atoms with E-state index in [0.717, 1.165) is 40.2 Å². The molecule has 2 atom stereocenters. The molecule has 0 aliphatic carbocycles. The third-order valence-electron chi connectivity index (χ3n) is 5.08. The summed E-state index contributed by atoms with van der Waals surface area (Å²) in [4.78, 5) is 13.0. The lowest BCUT2D eigenvalue weighted by atomic mass is 9.89. The van der Waals surface area contributed by atoms with E-state index in [1.165, 1.54) is 0 Å². The van der Waals surface area contributed by atoms with E-state index in [-0.39, 0.29) is 17.6 Å². The summed E-state index contributed by atoms with van der Waals surface area (Å²) in [5.74, 6) is 1.50. The third kappa shape index (κ3) is 4.67. The van der Waals surface area contributed by atoms with Gasteiger partial charge in [-0.25, -0.2) is 0 Å². The van der Waals surface area contributed by atoms with Gasteiger partial charge in [-0.05, 0) is 75.9 Å². The highest BCUT2D eigenvalue weighted by Crippen LogP contribution is 2.40. The van der Waals surface area contributed by atoms with Crippen LogP contribution in [0.15, 0.2) is 36.4 Å². The number of hydrogen-bond donors (Lipinski definition) is 1. The number of aryl methyl sites for hydroxylation is 3. The van der Waals surface area contributed by atoms with Crippen LogP contribution >= 0.6 is 0 Å². The molecular weight excluding hydrogens is 350 g/mol. The SMILES string of the molecule is CC[C@H](Oc1cc(C)cc(C)c1)C(=O)N[C@H]1CC(C)(C)Oc2cc(C)ccc21. The monoisotopic (exact) mass is 381 g/mol. The van der Waals surface area contributed by atoms with Crippen LogP contribution in [0.25, 0.3) is 0 Å². The van der Waals surface area contributed by atoms with E-state index >= 15 is 0 Å². The van der Waals surface area contributed by atoms with Crippen LogP contribution in [-0.2, 0) is 4.79 Å². The van der Waals surface area contributed by atoms with Crippen molar-refractivity contribution in [3.8, 4) is 11.5 Å². The van der Waals surface area contributed by atoms with Gasteiger partial charge >= 0.3 is 0 Å². The van der Waals surface area contributed by atoms with Crippen LogP contribution in [0.2, 0.25) is 0 Å². The Kier molecular flexibility index (Phi) is 5.69. The highest BCUT2D eigenvalue weighted by Gasteiger charge is 2.35. The second-order valence-electron chi connectivity index (χ2n) is 8.51. The van der Waals surface area contributed by atoms with Crippen molar-refractivity contribution in [3.05, 3.63) is 58.7 Å². The maximum absolute atomic E-state index is 13.0. The normalized spacial score (nSPS) is 18.6. The minimum absolute atomic E-state index is 0.0871. The molecule has 0 spiro atoms. The molecule has 2 aromatic rings. The lowest BCUT2D eigenvalue weighted by Gasteiger charge is -2.38. The summed E-state index contributed by atoms with van der Waals surface area (Å²) in [5.41, 5.74) is 4.08. The number of carbonyl (C=O) groups is 1. The molecule has 28 heavy (non-hydrogen) atoms. The molecule has 0 unspecified atom stereocenters.